The maximum Gasteiger partial charge on any atom is 0.106 e. The molecule has 1 N–H and O–H groups in total. The second-order valence-corrected chi connectivity index (χ2v) is 5.65. The van der Waals surface area contributed by atoms with E-state index in [9.17, 15) is 5.11 Å². The summed E-state index contributed by atoms with van der Waals surface area (Å²) in [6.07, 6.45) is -0.757. The lowest BCUT2D eigenvalue weighted by Gasteiger charge is -2.15. The molecular weight excluding hydrogens is 279 g/mol. The van der Waals surface area contributed by atoms with Gasteiger partial charge in [-0.25, -0.2) is 0 Å². The molecule has 2 aromatic carbocycles. The highest BCUT2D eigenvalue weighted by Gasteiger charge is 2.15. The molecule has 100 valence electrons. The van der Waals surface area contributed by atoms with Crippen molar-refractivity contribution in [3.8, 4) is 0 Å². The van der Waals surface area contributed by atoms with Crippen molar-refractivity contribution < 1.29 is 5.11 Å². The Hall–Kier alpha value is -1.02. The van der Waals surface area contributed by atoms with E-state index >= 15 is 0 Å². The lowest BCUT2D eigenvalue weighted by molar-refractivity contribution is 0.220. The molecule has 0 aliphatic carbocycles. The van der Waals surface area contributed by atoms with Gasteiger partial charge in [-0.3, -0.25) is 0 Å². The van der Waals surface area contributed by atoms with E-state index in [0.29, 0.717) is 21.5 Å². The number of hydrogen-bond donors (Lipinski definition) is 1. The monoisotopic (exact) mass is 294 g/mol. The molecule has 1 atom stereocenters. The number of hydrogen-bond acceptors (Lipinski definition) is 1. The van der Waals surface area contributed by atoms with Crippen LogP contribution < -0.4 is 0 Å². The average molecular weight is 295 g/mol. The number of benzene rings is 2. The van der Waals surface area contributed by atoms with Crippen LogP contribution in [-0.2, 0) is 0 Å². The van der Waals surface area contributed by atoms with Crippen molar-refractivity contribution >= 4 is 23.2 Å². The Kier molecular flexibility index (Phi) is 4.51. The molecule has 0 saturated carbocycles. The standard InChI is InChI=1S/C16H16Cl2O/c1-10(2)11-6-8-12(9-7-11)16(19)13-4-3-5-14(17)15(13)18/h3-10,16,19H,1-2H3. The first-order valence-electron chi connectivity index (χ1n) is 6.22. The van der Waals surface area contributed by atoms with Crippen molar-refractivity contribution in [2.24, 2.45) is 0 Å². The minimum atomic E-state index is -0.757. The van der Waals surface area contributed by atoms with Crippen molar-refractivity contribution in [2.75, 3.05) is 0 Å². The van der Waals surface area contributed by atoms with Crippen LogP contribution in [0.2, 0.25) is 10.0 Å². The first-order valence-corrected chi connectivity index (χ1v) is 6.98. The normalized spacial score (nSPS) is 12.7. The van der Waals surface area contributed by atoms with Gasteiger partial charge in [-0.2, -0.15) is 0 Å². The van der Waals surface area contributed by atoms with Gasteiger partial charge in [0.05, 0.1) is 10.0 Å². The smallest absolute Gasteiger partial charge is 0.106 e. The third kappa shape index (κ3) is 3.11. The number of halogens is 2. The molecule has 0 saturated heterocycles. The molecule has 3 heteroatoms. The van der Waals surface area contributed by atoms with Gasteiger partial charge in [0, 0.05) is 5.56 Å². The van der Waals surface area contributed by atoms with Gasteiger partial charge < -0.3 is 5.11 Å². The highest BCUT2D eigenvalue weighted by atomic mass is 35.5. The fourth-order valence-electron chi connectivity index (χ4n) is 1.97. The van der Waals surface area contributed by atoms with Crippen LogP contribution in [0.4, 0.5) is 0 Å². The summed E-state index contributed by atoms with van der Waals surface area (Å²) in [4.78, 5) is 0. The van der Waals surface area contributed by atoms with E-state index in [1.807, 2.05) is 24.3 Å². The zero-order valence-electron chi connectivity index (χ0n) is 10.9. The highest BCUT2D eigenvalue weighted by Crippen LogP contribution is 2.33. The van der Waals surface area contributed by atoms with Crippen LogP contribution in [0.25, 0.3) is 0 Å². The molecule has 0 aliphatic heterocycles. The Bertz CT molecular complexity index is 561. The zero-order chi connectivity index (χ0) is 14.0. The van der Waals surface area contributed by atoms with Crippen LogP contribution in [-0.4, -0.2) is 5.11 Å². The molecular formula is C16H16Cl2O. The van der Waals surface area contributed by atoms with E-state index in [-0.39, 0.29) is 0 Å². The maximum atomic E-state index is 10.4. The minimum absolute atomic E-state index is 0.407. The van der Waals surface area contributed by atoms with Crippen molar-refractivity contribution in [1.29, 1.82) is 0 Å². The predicted molar refractivity (Wildman–Crippen MR) is 81.1 cm³/mol. The van der Waals surface area contributed by atoms with Gasteiger partial charge in [0.15, 0.2) is 0 Å². The van der Waals surface area contributed by atoms with Gasteiger partial charge in [0.25, 0.3) is 0 Å². The molecule has 0 fully saturated rings. The predicted octanol–water partition coefficient (Wildman–Crippen LogP) is 5.20. The van der Waals surface area contributed by atoms with Gasteiger partial charge >= 0.3 is 0 Å². The topological polar surface area (TPSA) is 20.2 Å². The van der Waals surface area contributed by atoms with E-state index in [1.54, 1.807) is 18.2 Å². The minimum Gasteiger partial charge on any atom is -0.384 e. The largest absolute Gasteiger partial charge is 0.384 e. The fraction of sp³-hybridized carbons (Fsp3) is 0.250. The Labute approximate surface area is 123 Å². The van der Waals surface area contributed by atoms with Crippen LogP contribution in [0, 0.1) is 0 Å². The van der Waals surface area contributed by atoms with E-state index in [4.69, 9.17) is 23.2 Å². The average Bonchev–Trinajstić information content (AvgIpc) is 2.41. The molecule has 1 nitrogen and oxygen atoms in total. The van der Waals surface area contributed by atoms with Crippen molar-refractivity contribution in [3.63, 3.8) is 0 Å². The third-order valence-electron chi connectivity index (χ3n) is 3.19. The molecule has 0 spiro atoms. The number of rotatable bonds is 3. The number of aliphatic hydroxyl groups excluding tert-OH is 1. The molecule has 0 bridgehead atoms. The second kappa shape index (κ2) is 5.96. The van der Waals surface area contributed by atoms with Crippen molar-refractivity contribution in [3.05, 3.63) is 69.2 Å². The molecule has 0 amide bonds. The molecule has 2 rings (SSSR count). The summed E-state index contributed by atoms with van der Waals surface area (Å²) < 4.78 is 0. The fourth-order valence-corrected chi connectivity index (χ4v) is 2.39. The van der Waals surface area contributed by atoms with Gasteiger partial charge in [0.2, 0.25) is 0 Å². The van der Waals surface area contributed by atoms with Crippen LogP contribution in [0.1, 0.15) is 42.6 Å². The molecule has 19 heavy (non-hydrogen) atoms. The first-order chi connectivity index (χ1) is 9.00. The van der Waals surface area contributed by atoms with Crippen molar-refractivity contribution in [1.82, 2.24) is 0 Å². The van der Waals surface area contributed by atoms with Crippen LogP contribution >= 0.6 is 23.2 Å². The Morgan fingerprint density at radius 1 is 0.895 bits per heavy atom. The summed E-state index contributed by atoms with van der Waals surface area (Å²) in [7, 11) is 0. The van der Waals surface area contributed by atoms with Gasteiger partial charge in [0.1, 0.15) is 6.10 Å². The van der Waals surface area contributed by atoms with Crippen molar-refractivity contribution in [2.45, 2.75) is 25.9 Å². The van der Waals surface area contributed by atoms with Crippen LogP contribution in [0.5, 0.6) is 0 Å². The van der Waals surface area contributed by atoms with Gasteiger partial charge in [-0.05, 0) is 23.1 Å². The number of aliphatic hydroxyl groups is 1. The lowest BCUT2D eigenvalue weighted by atomic mass is 9.97. The molecule has 0 radical (unpaired) electrons. The summed E-state index contributed by atoms with van der Waals surface area (Å²) >= 11 is 12.1. The summed E-state index contributed by atoms with van der Waals surface area (Å²) in [6.45, 7) is 4.28. The lowest BCUT2D eigenvalue weighted by Crippen LogP contribution is -2.01. The van der Waals surface area contributed by atoms with E-state index in [1.165, 1.54) is 5.56 Å². The molecule has 1 unspecified atom stereocenters. The first kappa shape index (κ1) is 14.4. The van der Waals surface area contributed by atoms with Gasteiger partial charge in [-0.15, -0.1) is 0 Å². The second-order valence-electron chi connectivity index (χ2n) is 4.87. The quantitative estimate of drug-likeness (QED) is 0.825. The van der Waals surface area contributed by atoms with Crippen LogP contribution in [0.3, 0.4) is 0 Å². The Morgan fingerprint density at radius 2 is 1.47 bits per heavy atom. The SMILES string of the molecule is CC(C)c1ccc(C(O)c2cccc(Cl)c2Cl)cc1. The maximum absolute atomic E-state index is 10.4. The Balaban J connectivity index is 2.33. The third-order valence-corrected chi connectivity index (χ3v) is 4.03. The molecule has 0 heterocycles. The van der Waals surface area contributed by atoms with Gasteiger partial charge in [-0.1, -0.05) is 73.4 Å². The van der Waals surface area contributed by atoms with E-state index < -0.39 is 6.10 Å². The van der Waals surface area contributed by atoms with E-state index in [0.717, 1.165) is 5.56 Å². The summed E-state index contributed by atoms with van der Waals surface area (Å²) in [5, 5.41) is 11.2. The summed E-state index contributed by atoms with van der Waals surface area (Å²) in [6, 6.07) is 13.2. The zero-order valence-corrected chi connectivity index (χ0v) is 12.4. The Morgan fingerprint density at radius 3 is 2.05 bits per heavy atom. The molecule has 0 aliphatic rings. The summed E-state index contributed by atoms with van der Waals surface area (Å²) in [5.41, 5.74) is 2.69. The highest BCUT2D eigenvalue weighted by molar-refractivity contribution is 6.42. The molecule has 2 aromatic rings. The van der Waals surface area contributed by atoms with E-state index in [2.05, 4.69) is 13.8 Å². The molecule has 0 aromatic heterocycles. The summed E-state index contributed by atoms with van der Waals surface area (Å²) in [5.74, 6) is 0.473. The van der Waals surface area contributed by atoms with Crippen LogP contribution in [0.15, 0.2) is 42.5 Å².